The number of anilines is 1. The van der Waals surface area contributed by atoms with Crippen LogP contribution in [-0.4, -0.2) is 51.8 Å². The van der Waals surface area contributed by atoms with E-state index < -0.39 is 17.6 Å². The molecule has 0 bridgehead atoms. The third-order valence-electron chi connectivity index (χ3n) is 5.68. The highest BCUT2D eigenvalue weighted by atomic mass is 19.4. The van der Waals surface area contributed by atoms with Gasteiger partial charge < -0.3 is 10.0 Å². The van der Waals surface area contributed by atoms with E-state index in [-0.39, 0.29) is 18.1 Å². The summed E-state index contributed by atoms with van der Waals surface area (Å²) in [6.07, 6.45) is -0.118. The van der Waals surface area contributed by atoms with Crippen molar-refractivity contribution < 1.29 is 23.1 Å². The minimum atomic E-state index is -4.55. The first-order valence-corrected chi connectivity index (χ1v) is 9.30. The van der Waals surface area contributed by atoms with Gasteiger partial charge in [0.2, 0.25) is 5.82 Å². The molecule has 1 N–H and O–H groups in total. The van der Waals surface area contributed by atoms with Crippen LogP contribution in [0.4, 0.5) is 18.9 Å². The molecule has 0 amide bonds. The van der Waals surface area contributed by atoms with Crippen LogP contribution >= 0.6 is 0 Å². The highest BCUT2D eigenvalue weighted by Gasteiger charge is 2.43. The number of hydrogen-bond donors (Lipinski definition) is 1. The maximum absolute atomic E-state index is 12.6. The molecule has 1 fully saturated rings. The van der Waals surface area contributed by atoms with E-state index in [1.54, 1.807) is 6.92 Å². The molecule has 9 heteroatoms. The Morgan fingerprint density at radius 1 is 1.21 bits per heavy atom. The number of rotatable bonds is 2. The van der Waals surface area contributed by atoms with Crippen LogP contribution < -0.4 is 4.90 Å². The monoisotopic (exact) mass is 394 g/mol. The van der Waals surface area contributed by atoms with Gasteiger partial charge in [-0.3, -0.25) is 9.79 Å². The summed E-state index contributed by atoms with van der Waals surface area (Å²) in [4.78, 5) is 25.3. The lowest BCUT2D eigenvalue weighted by atomic mass is 9.74. The van der Waals surface area contributed by atoms with E-state index in [0.717, 1.165) is 29.7 Å². The van der Waals surface area contributed by atoms with E-state index in [0.29, 0.717) is 31.7 Å². The minimum Gasteiger partial charge on any atom is -0.385 e. The summed E-state index contributed by atoms with van der Waals surface area (Å²) in [5.41, 5.74) is 2.06. The highest BCUT2D eigenvalue weighted by Crippen LogP contribution is 2.40. The van der Waals surface area contributed by atoms with Crippen molar-refractivity contribution in [3.05, 3.63) is 29.4 Å². The maximum atomic E-state index is 12.6. The lowest BCUT2D eigenvalue weighted by molar-refractivity contribution is -0.145. The third-order valence-corrected chi connectivity index (χ3v) is 5.68. The van der Waals surface area contributed by atoms with Crippen LogP contribution in [0, 0.1) is 5.92 Å². The number of piperidine rings is 1. The van der Waals surface area contributed by atoms with Crippen molar-refractivity contribution in [2.75, 3.05) is 24.5 Å². The molecule has 0 spiro atoms. The number of nitrogens with zero attached hydrogens (tertiary/aromatic N) is 4. The summed E-state index contributed by atoms with van der Waals surface area (Å²) in [6, 6.07) is 0. The Balaban J connectivity index is 1.44. The molecule has 2 aliphatic heterocycles. The molecule has 1 unspecified atom stereocenters. The number of aliphatic imine (C=N–C) groups is 1. The number of carbonyl (C=O) groups excluding carboxylic acids is 1. The first-order chi connectivity index (χ1) is 13.1. The minimum absolute atomic E-state index is 0.0392. The van der Waals surface area contributed by atoms with Gasteiger partial charge in [0.05, 0.1) is 30.2 Å². The summed E-state index contributed by atoms with van der Waals surface area (Å²) >= 11 is 0. The Labute approximate surface area is 160 Å². The van der Waals surface area contributed by atoms with Crippen LogP contribution in [0.2, 0.25) is 0 Å². The van der Waals surface area contributed by atoms with E-state index in [1.807, 2.05) is 4.90 Å². The highest BCUT2D eigenvalue weighted by molar-refractivity contribution is 6.08. The number of hydrogen-bond acceptors (Lipinski definition) is 6. The molecule has 1 atom stereocenters. The summed E-state index contributed by atoms with van der Waals surface area (Å²) < 4.78 is 37.8. The zero-order chi connectivity index (χ0) is 20.1. The molecule has 1 aromatic rings. The first-order valence-electron chi connectivity index (χ1n) is 9.30. The van der Waals surface area contributed by atoms with Gasteiger partial charge >= 0.3 is 6.18 Å². The number of halogens is 3. The van der Waals surface area contributed by atoms with Crippen molar-refractivity contribution in [1.29, 1.82) is 0 Å². The van der Waals surface area contributed by atoms with Crippen molar-refractivity contribution in [3.8, 4) is 0 Å². The fourth-order valence-corrected chi connectivity index (χ4v) is 4.47. The predicted octanol–water partition coefficient (Wildman–Crippen LogP) is 2.58. The molecule has 1 saturated heterocycles. The van der Waals surface area contributed by atoms with Gasteiger partial charge in [-0.1, -0.05) is 0 Å². The number of carbonyl (C=O) groups is 1. The van der Waals surface area contributed by atoms with Gasteiger partial charge in [0, 0.05) is 43.1 Å². The van der Waals surface area contributed by atoms with Crippen LogP contribution in [0.5, 0.6) is 0 Å². The van der Waals surface area contributed by atoms with E-state index in [1.165, 1.54) is 12.4 Å². The van der Waals surface area contributed by atoms with Crippen LogP contribution in [0.3, 0.4) is 0 Å². The van der Waals surface area contributed by atoms with Gasteiger partial charge in [0.1, 0.15) is 5.78 Å². The summed E-state index contributed by atoms with van der Waals surface area (Å²) in [5, 5.41) is 10.8. The van der Waals surface area contributed by atoms with E-state index >= 15 is 0 Å². The topological polar surface area (TPSA) is 78.7 Å². The molecular weight excluding hydrogens is 373 g/mol. The van der Waals surface area contributed by atoms with Crippen molar-refractivity contribution >= 4 is 17.2 Å². The SMILES string of the molecule is CC1(O)CC(=O)CC2=C1C(C1CCN(c3cnc(C(F)(F)F)nc3)CC1)=NC2. The number of aliphatic hydroxyl groups is 1. The number of ketones is 1. The quantitative estimate of drug-likeness (QED) is 0.834. The normalized spacial score (nSPS) is 26.5. The number of aromatic nitrogens is 2. The van der Waals surface area contributed by atoms with Crippen LogP contribution in [0.1, 0.15) is 38.4 Å². The Morgan fingerprint density at radius 2 is 1.86 bits per heavy atom. The van der Waals surface area contributed by atoms with Gasteiger partial charge in [-0.2, -0.15) is 13.2 Å². The molecule has 1 aliphatic carbocycles. The summed E-state index contributed by atoms with van der Waals surface area (Å²) in [6.45, 7) is 3.43. The fraction of sp³-hybridized carbons (Fsp3) is 0.579. The molecule has 0 aromatic carbocycles. The molecule has 150 valence electrons. The van der Waals surface area contributed by atoms with E-state index in [9.17, 15) is 23.1 Å². The predicted molar refractivity (Wildman–Crippen MR) is 96.2 cm³/mol. The molecule has 3 aliphatic rings. The summed E-state index contributed by atoms with van der Waals surface area (Å²) in [7, 11) is 0. The molecule has 4 rings (SSSR count). The zero-order valence-corrected chi connectivity index (χ0v) is 15.5. The van der Waals surface area contributed by atoms with Crippen LogP contribution in [0.15, 0.2) is 28.5 Å². The molecule has 3 heterocycles. The van der Waals surface area contributed by atoms with E-state index in [4.69, 9.17) is 0 Å². The molecular formula is C19H21F3N4O2. The number of alkyl halides is 3. The second-order valence-electron chi connectivity index (χ2n) is 7.87. The van der Waals surface area contributed by atoms with Crippen molar-refractivity contribution in [2.45, 2.75) is 44.4 Å². The van der Waals surface area contributed by atoms with E-state index in [2.05, 4.69) is 15.0 Å². The first kappa shape index (κ1) is 19.0. The average Bonchev–Trinajstić information content (AvgIpc) is 3.05. The van der Waals surface area contributed by atoms with Gasteiger partial charge in [-0.05, 0) is 25.3 Å². The fourth-order valence-electron chi connectivity index (χ4n) is 4.47. The third kappa shape index (κ3) is 3.43. The van der Waals surface area contributed by atoms with Crippen LogP contribution in [0.25, 0.3) is 0 Å². The standard InChI is InChI=1S/C19H21F3N4O2/c1-18(28)7-14(27)6-12-8-23-16(15(12)18)11-2-4-26(5-3-11)13-9-24-17(25-10-13)19(20,21)22/h9-11,28H,2-8H2,1H3. The molecule has 28 heavy (non-hydrogen) atoms. The molecule has 1 aromatic heterocycles. The maximum Gasteiger partial charge on any atom is 0.451 e. The van der Waals surface area contributed by atoms with Gasteiger partial charge in [0.25, 0.3) is 0 Å². The molecule has 0 radical (unpaired) electrons. The summed E-state index contributed by atoms with van der Waals surface area (Å²) in [5.74, 6) is -0.934. The zero-order valence-electron chi connectivity index (χ0n) is 15.5. The average molecular weight is 394 g/mol. The largest absolute Gasteiger partial charge is 0.451 e. The second-order valence-corrected chi connectivity index (χ2v) is 7.87. The lowest BCUT2D eigenvalue weighted by Gasteiger charge is -2.37. The van der Waals surface area contributed by atoms with Gasteiger partial charge in [-0.15, -0.1) is 0 Å². The smallest absolute Gasteiger partial charge is 0.385 e. The Kier molecular flexibility index (Phi) is 4.52. The molecule has 6 nitrogen and oxygen atoms in total. The molecule has 0 saturated carbocycles. The van der Waals surface area contributed by atoms with Crippen LogP contribution in [-0.2, 0) is 11.0 Å². The Bertz CT molecular complexity index is 851. The second kappa shape index (κ2) is 6.65. The number of Topliss-reactive ketones (excluding diaryl/α,β-unsaturated/α-hetero) is 1. The Morgan fingerprint density at radius 3 is 2.46 bits per heavy atom. The van der Waals surface area contributed by atoms with Crippen molar-refractivity contribution in [2.24, 2.45) is 10.9 Å². The van der Waals surface area contributed by atoms with Crippen molar-refractivity contribution in [3.63, 3.8) is 0 Å². The van der Waals surface area contributed by atoms with Gasteiger partial charge in [0.15, 0.2) is 0 Å². The van der Waals surface area contributed by atoms with Crippen molar-refractivity contribution in [1.82, 2.24) is 9.97 Å². The Hall–Kier alpha value is -2.29. The lowest BCUT2D eigenvalue weighted by Crippen LogP contribution is -2.42. The van der Waals surface area contributed by atoms with Gasteiger partial charge in [-0.25, -0.2) is 9.97 Å².